The van der Waals surface area contributed by atoms with Crippen LogP contribution in [0.5, 0.6) is 0 Å². The molecule has 2 aromatic carbocycles. The molecule has 2 aliphatic carbocycles. The van der Waals surface area contributed by atoms with Gasteiger partial charge in [0.2, 0.25) is 5.91 Å². The number of anilines is 1. The van der Waals surface area contributed by atoms with Crippen LogP contribution in [0.25, 0.3) is 0 Å². The van der Waals surface area contributed by atoms with Gasteiger partial charge in [0, 0.05) is 11.6 Å². The third kappa shape index (κ3) is 5.22. The zero-order chi connectivity index (χ0) is 20.2. The fraction of sp³-hybridized carbons (Fsp3) is 0.348. The molecule has 1 unspecified atom stereocenters. The van der Waals surface area contributed by atoms with Gasteiger partial charge in [-0.3, -0.25) is 9.59 Å². The molecule has 4 rings (SSSR count). The molecule has 2 amide bonds. The van der Waals surface area contributed by atoms with Crippen LogP contribution in [0.1, 0.15) is 47.6 Å². The molecule has 29 heavy (non-hydrogen) atoms. The lowest BCUT2D eigenvalue weighted by atomic mass is 10.0. The van der Waals surface area contributed by atoms with Crippen LogP contribution in [0.2, 0.25) is 0 Å². The summed E-state index contributed by atoms with van der Waals surface area (Å²) in [6.45, 7) is -0.324. The second-order valence-corrected chi connectivity index (χ2v) is 7.71. The smallest absolute Gasteiger partial charge is 0.338 e. The molecule has 0 aliphatic heterocycles. The van der Waals surface area contributed by atoms with Crippen LogP contribution in [0.15, 0.2) is 54.6 Å². The normalized spacial score (nSPS) is 16.6. The van der Waals surface area contributed by atoms with E-state index < -0.39 is 5.97 Å². The number of carbonyl (C=O) groups excluding carboxylic acids is 3. The van der Waals surface area contributed by atoms with Gasteiger partial charge in [-0.15, -0.1) is 0 Å². The molecule has 0 spiro atoms. The van der Waals surface area contributed by atoms with Crippen molar-refractivity contribution in [1.82, 2.24) is 5.32 Å². The molecule has 0 saturated heterocycles. The molecule has 2 aliphatic rings. The Morgan fingerprint density at radius 1 is 0.931 bits per heavy atom. The average molecular weight is 392 g/mol. The van der Waals surface area contributed by atoms with Crippen molar-refractivity contribution >= 4 is 23.5 Å². The van der Waals surface area contributed by atoms with Gasteiger partial charge < -0.3 is 15.4 Å². The quantitative estimate of drug-likeness (QED) is 0.674. The highest BCUT2D eigenvalue weighted by Gasteiger charge is 2.33. The van der Waals surface area contributed by atoms with E-state index in [0.29, 0.717) is 17.2 Å². The van der Waals surface area contributed by atoms with E-state index in [0.717, 1.165) is 31.2 Å². The maximum atomic E-state index is 12.3. The second kappa shape index (κ2) is 8.47. The van der Waals surface area contributed by atoms with Crippen molar-refractivity contribution in [2.75, 3.05) is 11.9 Å². The number of esters is 1. The number of rotatable bonds is 8. The van der Waals surface area contributed by atoms with E-state index in [1.165, 1.54) is 0 Å². The van der Waals surface area contributed by atoms with Gasteiger partial charge in [0.1, 0.15) is 0 Å². The zero-order valence-corrected chi connectivity index (χ0v) is 16.1. The SMILES string of the molecule is O=C(COC(=O)c1ccc(NC(=O)C2CC2)cc1)NC(c1ccccc1)C1CC1. The van der Waals surface area contributed by atoms with Gasteiger partial charge >= 0.3 is 5.97 Å². The van der Waals surface area contributed by atoms with Gasteiger partial charge in [0.15, 0.2) is 6.61 Å². The summed E-state index contributed by atoms with van der Waals surface area (Å²) in [6, 6.07) is 16.3. The first kappa shape index (κ1) is 19.2. The predicted octanol–water partition coefficient (Wildman–Crippen LogP) is 3.46. The maximum absolute atomic E-state index is 12.3. The summed E-state index contributed by atoms with van der Waals surface area (Å²) in [5, 5.41) is 5.80. The zero-order valence-electron chi connectivity index (χ0n) is 16.1. The van der Waals surface area contributed by atoms with Crippen LogP contribution < -0.4 is 10.6 Å². The second-order valence-electron chi connectivity index (χ2n) is 7.71. The molecular formula is C23H24N2O4. The summed E-state index contributed by atoms with van der Waals surface area (Å²) in [5.74, 6) is -0.306. The summed E-state index contributed by atoms with van der Waals surface area (Å²) < 4.78 is 5.16. The molecule has 2 aromatic rings. The molecule has 0 heterocycles. The van der Waals surface area contributed by atoms with Gasteiger partial charge in [-0.05, 0) is 61.4 Å². The van der Waals surface area contributed by atoms with E-state index in [2.05, 4.69) is 10.6 Å². The third-order valence-corrected chi connectivity index (χ3v) is 5.24. The number of carbonyl (C=O) groups is 3. The van der Waals surface area contributed by atoms with E-state index in [-0.39, 0.29) is 30.4 Å². The minimum atomic E-state index is -0.567. The Bertz CT molecular complexity index is 887. The summed E-state index contributed by atoms with van der Waals surface area (Å²) in [4.78, 5) is 36.3. The largest absolute Gasteiger partial charge is 0.452 e. The summed E-state index contributed by atoms with van der Waals surface area (Å²) >= 11 is 0. The molecule has 2 fully saturated rings. The Morgan fingerprint density at radius 2 is 1.62 bits per heavy atom. The Labute approximate surface area is 169 Å². The number of amides is 2. The van der Waals surface area contributed by atoms with Crippen molar-refractivity contribution in [3.8, 4) is 0 Å². The number of nitrogens with one attached hydrogen (secondary N) is 2. The highest BCUT2D eigenvalue weighted by atomic mass is 16.5. The molecule has 6 heteroatoms. The van der Waals surface area contributed by atoms with E-state index in [1.807, 2.05) is 30.3 Å². The van der Waals surface area contributed by atoms with Crippen LogP contribution in [0, 0.1) is 11.8 Å². The minimum Gasteiger partial charge on any atom is -0.452 e. The van der Waals surface area contributed by atoms with Crippen LogP contribution in [-0.2, 0) is 14.3 Å². The monoisotopic (exact) mass is 392 g/mol. The fourth-order valence-electron chi connectivity index (χ4n) is 3.27. The average Bonchev–Trinajstić information content (AvgIpc) is 3.64. The number of benzene rings is 2. The van der Waals surface area contributed by atoms with Crippen molar-refractivity contribution in [2.24, 2.45) is 11.8 Å². The molecule has 2 saturated carbocycles. The lowest BCUT2D eigenvalue weighted by molar-refractivity contribution is -0.125. The summed E-state index contributed by atoms with van der Waals surface area (Å²) in [7, 11) is 0. The van der Waals surface area contributed by atoms with Crippen LogP contribution >= 0.6 is 0 Å². The van der Waals surface area contributed by atoms with Crippen molar-refractivity contribution in [3.05, 3.63) is 65.7 Å². The van der Waals surface area contributed by atoms with E-state index in [9.17, 15) is 14.4 Å². The molecule has 0 radical (unpaired) electrons. The Kier molecular flexibility index (Phi) is 5.60. The predicted molar refractivity (Wildman–Crippen MR) is 108 cm³/mol. The van der Waals surface area contributed by atoms with Gasteiger partial charge in [-0.1, -0.05) is 30.3 Å². The highest BCUT2D eigenvalue weighted by Crippen LogP contribution is 2.40. The highest BCUT2D eigenvalue weighted by molar-refractivity contribution is 5.95. The van der Waals surface area contributed by atoms with Gasteiger partial charge in [-0.25, -0.2) is 4.79 Å². The van der Waals surface area contributed by atoms with Crippen molar-refractivity contribution in [3.63, 3.8) is 0 Å². The molecular weight excluding hydrogens is 368 g/mol. The molecule has 6 nitrogen and oxygen atoms in total. The Balaban J connectivity index is 1.27. The molecule has 0 bridgehead atoms. The van der Waals surface area contributed by atoms with Gasteiger partial charge in [0.05, 0.1) is 11.6 Å². The van der Waals surface area contributed by atoms with Crippen molar-refractivity contribution in [2.45, 2.75) is 31.7 Å². The molecule has 1 atom stereocenters. The fourth-order valence-corrected chi connectivity index (χ4v) is 3.27. The lowest BCUT2D eigenvalue weighted by Gasteiger charge is -2.18. The first-order valence-electron chi connectivity index (χ1n) is 10.0. The van der Waals surface area contributed by atoms with Crippen LogP contribution in [0.4, 0.5) is 5.69 Å². The summed E-state index contributed by atoms with van der Waals surface area (Å²) in [6.07, 6.45) is 4.04. The minimum absolute atomic E-state index is 0.0145. The van der Waals surface area contributed by atoms with E-state index in [4.69, 9.17) is 4.74 Å². The molecule has 150 valence electrons. The van der Waals surface area contributed by atoms with Crippen LogP contribution in [0.3, 0.4) is 0 Å². The van der Waals surface area contributed by atoms with Gasteiger partial charge in [0.25, 0.3) is 5.91 Å². The Hall–Kier alpha value is -3.15. The van der Waals surface area contributed by atoms with Crippen molar-refractivity contribution < 1.29 is 19.1 Å². The lowest BCUT2D eigenvalue weighted by Crippen LogP contribution is -2.33. The molecule has 2 N–H and O–H groups in total. The first-order valence-corrected chi connectivity index (χ1v) is 10.0. The van der Waals surface area contributed by atoms with Crippen LogP contribution in [-0.4, -0.2) is 24.4 Å². The standard InChI is InChI=1S/C23H24N2O4/c26-20(25-21(16-6-7-16)15-4-2-1-3-5-15)14-29-23(28)18-10-12-19(13-11-18)24-22(27)17-8-9-17/h1-5,10-13,16-17,21H,6-9,14H2,(H,24,27)(H,25,26). The summed E-state index contributed by atoms with van der Waals surface area (Å²) in [5.41, 5.74) is 2.05. The molecule has 0 aromatic heterocycles. The Morgan fingerprint density at radius 3 is 2.24 bits per heavy atom. The van der Waals surface area contributed by atoms with E-state index >= 15 is 0 Å². The number of ether oxygens (including phenoxy) is 1. The number of hydrogen-bond donors (Lipinski definition) is 2. The topological polar surface area (TPSA) is 84.5 Å². The maximum Gasteiger partial charge on any atom is 0.338 e. The number of hydrogen-bond acceptors (Lipinski definition) is 4. The van der Waals surface area contributed by atoms with Gasteiger partial charge in [-0.2, -0.15) is 0 Å². The van der Waals surface area contributed by atoms with Crippen molar-refractivity contribution in [1.29, 1.82) is 0 Å². The van der Waals surface area contributed by atoms with E-state index in [1.54, 1.807) is 24.3 Å². The third-order valence-electron chi connectivity index (χ3n) is 5.24. The first-order chi connectivity index (χ1) is 14.1.